The molecule has 0 amide bonds. The molecule has 1 aromatic heterocycles. The Morgan fingerprint density at radius 2 is 1.83 bits per heavy atom. The van der Waals surface area contributed by atoms with E-state index in [-0.39, 0.29) is 8.23 Å². The molecule has 5 heteroatoms. The van der Waals surface area contributed by atoms with E-state index in [1.165, 1.54) is 0 Å². The Morgan fingerprint density at radius 3 is 1.92 bits per heavy atom. The van der Waals surface area contributed by atoms with E-state index in [1.807, 2.05) is 25.1 Å². The number of hydrogen-bond donors (Lipinski definition) is 0. The lowest BCUT2D eigenvalue weighted by atomic mass is 10.5. The van der Waals surface area contributed by atoms with Gasteiger partial charge in [-0.05, 0) is 18.2 Å². The standard InChI is InChI=1S/C5H5N.C2H6O2SSi/c1-2-4-6-5-3-1;1-2-6-5(3)4/h1-5H;6H,2H2,1H3. The molecule has 66 valence electrons. The first-order chi connectivity index (χ1) is 5.77. The average molecular weight is 201 g/mol. The molecular formula is C7H11NO2SSi. The third-order valence-electron chi connectivity index (χ3n) is 0.869. The van der Waals surface area contributed by atoms with Crippen molar-refractivity contribution in [1.82, 2.24) is 4.98 Å². The van der Waals surface area contributed by atoms with Gasteiger partial charge in [-0.3, -0.25) is 4.98 Å². The van der Waals surface area contributed by atoms with E-state index in [0.29, 0.717) is 0 Å². The summed E-state index contributed by atoms with van der Waals surface area (Å²) in [5, 5.41) is 0. The Labute approximate surface area is 75.4 Å². The van der Waals surface area contributed by atoms with Crippen LogP contribution in [0.15, 0.2) is 30.6 Å². The lowest BCUT2D eigenvalue weighted by molar-refractivity contribution is 0.628. The van der Waals surface area contributed by atoms with E-state index in [0.717, 1.165) is 6.04 Å². The normalized spacial score (nSPS) is 7.75. The quantitative estimate of drug-likeness (QED) is 0.630. The SMILES string of the molecule is CC[SiH]=S(=O)=O.c1ccncc1. The van der Waals surface area contributed by atoms with Crippen LogP contribution in [-0.2, 0) is 9.70 Å². The highest BCUT2D eigenvalue weighted by atomic mass is 32.3. The minimum Gasteiger partial charge on any atom is -0.265 e. The second-order valence-electron chi connectivity index (χ2n) is 1.86. The fourth-order valence-corrected chi connectivity index (χ4v) is 1.54. The summed E-state index contributed by atoms with van der Waals surface area (Å²) in [4.78, 5) is 3.78. The van der Waals surface area contributed by atoms with Crippen molar-refractivity contribution in [2.45, 2.75) is 13.0 Å². The van der Waals surface area contributed by atoms with Crippen molar-refractivity contribution in [3.8, 4) is 0 Å². The van der Waals surface area contributed by atoms with E-state index in [4.69, 9.17) is 0 Å². The molecule has 12 heavy (non-hydrogen) atoms. The first-order valence-electron chi connectivity index (χ1n) is 3.53. The molecule has 0 fully saturated rings. The number of pyridine rings is 1. The van der Waals surface area contributed by atoms with Crippen molar-refractivity contribution in [3.05, 3.63) is 30.6 Å². The van der Waals surface area contributed by atoms with Crippen LogP contribution in [0.4, 0.5) is 0 Å². The van der Waals surface area contributed by atoms with Gasteiger partial charge in [0.2, 0.25) is 0 Å². The zero-order valence-corrected chi connectivity index (χ0v) is 8.81. The Hall–Kier alpha value is -0.813. The molecule has 1 aromatic rings. The molecule has 0 radical (unpaired) electrons. The van der Waals surface area contributed by atoms with Crippen molar-refractivity contribution < 1.29 is 8.42 Å². The van der Waals surface area contributed by atoms with Gasteiger partial charge < -0.3 is 0 Å². The smallest absolute Gasteiger partial charge is 0.160 e. The van der Waals surface area contributed by atoms with Crippen LogP contribution >= 0.6 is 0 Å². The van der Waals surface area contributed by atoms with E-state index >= 15 is 0 Å². The van der Waals surface area contributed by atoms with Crippen molar-refractivity contribution in [1.29, 1.82) is 0 Å². The molecule has 0 aliphatic heterocycles. The van der Waals surface area contributed by atoms with Gasteiger partial charge in [-0.25, -0.2) is 0 Å². The predicted octanol–water partition coefficient (Wildman–Crippen LogP) is 0.737. The first kappa shape index (κ1) is 11.2. The highest BCUT2D eigenvalue weighted by Gasteiger charge is 1.63. The van der Waals surface area contributed by atoms with Gasteiger partial charge in [-0.15, -0.1) is 0 Å². The highest BCUT2D eigenvalue weighted by molar-refractivity contribution is 7.78. The van der Waals surface area contributed by atoms with Gasteiger partial charge in [0.1, 0.15) is 0 Å². The molecule has 0 saturated carbocycles. The summed E-state index contributed by atoms with van der Waals surface area (Å²) >= 11 is 0. The third kappa shape index (κ3) is 9.19. The molecule has 0 bridgehead atoms. The third-order valence-corrected chi connectivity index (χ3v) is 3.29. The topological polar surface area (TPSA) is 47.0 Å². The van der Waals surface area contributed by atoms with Gasteiger partial charge in [-0.2, -0.15) is 8.42 Å². The Kier molecular flexibility index (Phi) is 7.72. The molecule has 0 aliphatic rings. The van der Waals surface area contributed by atoms with Crippen LogP contribution in [0.3, 0.4) is 0 Å². The largest absolute Gasteiger partial charge is 0.265 e. The van der Waals surface area contributed by atoms with Crippen LogP contribution in [-0.4, -0.2) is 21.6 Å². The molecule has 1 heterocycles. The summed E-state index contributed by atoms with van der Waals surface area (Å²) in [6, 6.07) is 6.52. The van der Waals surface area contributed by atoms with Crippen LogP contribution in [0, 0.1) is 0 Å². The molecule has 0 atom stereocenters. The maximum atomic E-state index is 9.64. The maximum Gasteiger partial charge on any atom is 0.160 e. The van der Waals surface area contributed by atoms with E-state index in [1.54, 1.807) is 12.4 Å². The predicted molar refractivity (Wildman–Crippen MR) is 50.8 cm³/mol. The van der Waals surface area contributed by atoms with Gasteiger partial charge in [0.15, 0.2) is 17.9 Å². The fraction of sp³-hybridized carbons (Fsp3) is 0.286. The second kappa shape index (κ2) is 8.29. The zero-order chi connectivity index (χ0) is 9.23. The summed E-state index contributed by atoms with van der Waals surface area (Å²) in [6.07, 6.45) is 3.50. The lowest BCUT2D eigenvalue weighted by Gasteiger charge is -1.70. The second-order valence-corrected chi connectivity index (χ2v) is 5.69. The molecule has 0 saturated heterocycles. The van der Waals surface area contributed by atoms with Gasteiger partial charge in [0, 0.05) is 12.4 Å². The van der Waals surface area contributed by atoms with Crippen LogP contribution in [0.1, 0.15) is 6.92 Å². The molecular weight excluding hydrogens is 190 g/mol. The molecule has 0 N–H and O–H groups in total. The highest BCUT2D eigenvalue weighted by Crippen LogP contribution is 1.73. The van der Waals surface area contributed by atoms with E-state index in [9.17, 15) is 8.42 Å². The number of hydrogen-bond acceptors (Lipinski definition) is 3. The van der Waals surface area contributed by atoms with Gasteiger partial charge in [0.05, 0.1) is 0 Å². The number of nitrogens with zero attached hydrogens (tertiary/aromatic N) is 1. The minimum atomic E-state index is -1.73. The molecule has 0 spiro atoms. The molecule has 1 rings (SSSR count). The average Bonchev–Trinajstić information content (AvgIpc) is 2.08. The molecule has 0 aromatic carbocycles. The summed E-state index contributed by atoms with van der Waals surface area (Å²) in [6.45, 7) is 1.87. The van der Waals surface area contributed by atoms with Crippen molar-refractivity contribution >= 4 is 17.9 Å². The zero-order valence-electron chi connectivity index (χ0n) is 6.84. The number of aromatic nitrogens is 1. The summed E-state index contributed by atoms with van der Waals surface area (Å²) in [5.74, 6) is 0. The Morgan fingerprint density at radius 1 is 1.25 bits per heavy atom. The van der Waals surface area contributed by atoms with E-state index < -0.39 is 9.70 Å². The minimum absolute atomic E-state index is 0.319. The Bertz CT molecular complexity index is 275. The van der Waals surface area contributed by atoms with Crippen LogP contribution in [0.2, 0.25) is 6.04 Å². The van der Waals surface area contributed by atoms with Crippen molar-refractivity contribution in [2.24, 2.45) is 0 Å². The van der Waals surface area contributed by atoms with Crippen LogP contribution in [0.5, 0.6) is 0 Å². The summed E-state index contributed by atoms with van der Waals surface area (Å²) < 4.78 is 19.3. The molecule has 0 aliphatic carbocycles. The fourth-order valence-electron chi connectivity index (χ4n) is 0.449. The van der Waals surface area contributed by atoms with Crippen molar-refractivity contribution in [3.63, 3.8) is 0 Å². The molecule has 3 nitrogen and oxygen atoms in total. The first-order valence-corrected chi connectivity index (χ1v) is 6.90. The van der Waals surface area contributed by atoms with Crippen molar-refractivity contribution in [2.75, 3.05) is 0 Å². The van der Waals surface area contributed by atoms with Crippen LogP contribution < -0.4 is 0 Å². The summed E-state index contributed by atoms with van der Waals surface area (Å²) in [5.41, 5.74) is 0. The number of rotatable bonds is 1. The summed E-state index contributed by atoms with van der Waals surface area (Å²) in [7, 11) is -2.05. The monoisotopic (exact) mass is 201 g/mol. The maximum absolute atomic E-state index is 9.64. The Balaban J connectivity index is 0.000000202. The lowest BCUT2D eigenvalue weighted by Crippen LogP contribution is -1.67. The molecule has 0 unspecified atom stereocenters. The van der Waals surface area contributed by atoms with Gasteiger partial charge in [-0.1, -0.05) is 13.0 Å². The van der Waals surface area contributed by atoms with E-state index in [2.05, 4.69) is 4.98 Å². The van der Waals surface area contributed by atoms with Gasteiger partial charge in [0.25, 0.3) is 0 Å². The van der Waals surface area contributed by atoms with Crippen LogP contribution in [0.25, 0.3) is 0 Å². The van der Waals surface area contributed by atoms with Gasteiger partial charge >= 0.3 is 0 Å².